The number of benzene rings is 1. The Kier molecular flexibility index (Phi) is 6.60. The lowest BCUT2D eigenvalue weighted by Gasteiger charge is -2.11. The second-order valence-electron chi connectivity index (χ2n) is 4.13. The molecule has 5 nitrogen and oxygen atoms in total. The van der Waals surface area contributed by atoms with Gasteiger partial charge in [0.1, 0.15) is 0 Å². The Balaban J connectivity index is 2.72. The summed E-state index contributed by atoms with van der Waals surface area (Å²) in [5.41, 5.74) is 1.03. The molecular formula is C14H21N3O2. The van der Waals surface area contributed by atoms with Gasteiger partial charge >= 0.3 is 0 Å². The summed E-state index contributed by atoms with van der Waals surface area (Å²) >= 11 is 0. The molecule has 5 heteroatoms. The number of rotatable bonds is 7. The highest BCUT2D eigenvalue weighted by atomic mass is 16.2. The van der Waals surface area contributed by atoms with Crippen LogP contribution in [0.3, 0.4) is 0 Å². The first-order valence-electron chi connectivity index (χ1n) is 6.56. The van der Waals surface area contributed by atoms with Crippen molar-refractivity contribution in [2.45, 2.75) is 20.3 Å². The summed E-state index contributed by atoms with van der Waals surface area (Å²) in [4.78, 5) is 23.6. The molecule has 0 saturated heterocycles. The van der Waals surface area contributed by atoms with Crippen molar-refractivity contribution < 1.29 is 9.59 Å². The molecule has 0 atom stereocenters. The van der Waals surface area contributed by atoms with E-state index in [4.69, 9.17) is 0 Å². The number of hydrogen-bond acceptors (Lipinski definition) is 3. The largest absolute Gasteiger partial charge is 0.352 e. The third kappa shape index (κ3) is 5.09. The van der Waals surface area contributed by atoms with E-state index in [9.17, 15) is 9.59 Å². The molecule has 0 saturated carbocycles. The van der Waals surface area contributed by atoms with Crippen molar-refractivity contribution in [2.75, 3.05) is 25.0 Å². The Morgan fingerprint density at radius 3 is 2.58 bits per heavy atom. The van der Waals surface area contributed by atoms with Crippen LogP contribution in [0, 0.1) is 0 Å². The van der Waals surface area contributed by atoms with Gasteiger partial charge < -0.3 is 16.0 Å². The van der Waals surface area contributed by atoms with Crippen LogP contribution < -0.4 is 16.0 Å². The number of carbonyl (C=O) groups excluding carboxylic acids is 2. The molecule has 3 N–H and O–H groups in total. The summed E-state index contributed by atoms with van der Waals surface area (Å²) < 4.78 is 0. The summed E-state index contributed by atoms with van der Waals surface area (Å²) in [6.45, 7) is 5.51. The van der Waals surface area contributed by atoms with Gasteiger partial charge in [-0.15, -0.1) is 0 Å². The van der Waals surface area contributed by atoms with Gasteiger partial charge in [-0.05, 0) is 25.1 Å². The topological polar surface area (TPSA) is 70.2 Å². The van der Waals surface area contributed by atoms with Crippen LogP contribution in [-0.4, -0.2) is 31.4 Å². The monoisotopic (exact) mass is 263 g/mol. The van der Waals surface area contributed by atoms with Gasteiger partial charge in [0.25, 0.3) is 5.91 Å². The quantitative estimate of drug-likeness (QED) is 0.696. The van der Waals surface area contributed by atoms with E-state index in [0.29, 0.717) is 17.8 Å². The average Bonchev–Trinajstić information content (AvgIpc) is 2.43. The van der Waals surface area contributed by atoms with Gasteiger partial charge in [0.15, 0.2) is 0 Å². The van der Waals surface area contributed by atoms with Gasteiger partial charge in [0.05, 0.1) is 17.8 Å². The molecule has 0 aromatic heterocycles. The van der Waals surface area contributed by atoms with E-state index in [1.807, 2.05) is 13.8 Å². The Hall–Kier alpha value is -1.88. The molecule has 0 aliphatic carbocycles. The van der Waals surface area contributed by atoms with E-state index in [-0.39, 0.29) is 18.4 Å². The molecular weight excluding hydrogens is 242 g/mol. The van der Waals surface area contributed by atoms with E-state index < -0.39 is 0 Å². The summed E-state index contributed by atoms with van der Waals surface area (Å²) in [6.07, 6.45) is 0.876. The number of anilines is 1. The van der Waals surface area contributed by atoms with E-state index in [0.717, 1.165) is 13.0 Å². The third-order valence-electron chi connectivity index (χ3n) is 2.52. The fraction of sp³-hybridized carbons (Fsp3) is 0.429. The highest BCUT2D eigenvalue weighted by Gasteiger charge is 2.11. The highest BCUT2D eigenvalue weighted by molar-refractivity contribution is 6.04. The van der Waals surface area contributed by atoms with Crippen LogP contribution in [0.15, 0.2) is 24.3 Å². The Labute approximate surface area is 113 Å². The average molecular weight is 263 g/mol. The molecule has 19 heavy (non-hydrogen) atoms. The van der Waals surface area contributed by atoms with Crippen molar-refractivity contribution >= 4 is 17.5 Å². The lowest BCUT2D eigenvalue weighted by Crippen LogP contribution is -2.30. The summed E-state index contributed by atoms with van der Waals surface area (Å²) in [7, 11) is 0. The SMILES string of the molecule is CCCNC(=O)c1ccccc1NC(=O)CNCC. The highest BCUT2D eigenvalue weighted by Crippen LogP contribution is 2.14. The number of nitrogens with one attached hydrogen (secondary N) is 3. The standard InChI is InChI=1S/C14H21N3O2/c1-3-9-16-14(19)11-7-5-6-8-12(11)17-13(18)10-15-4-2/h5-8,15H,3-4,9-10H2,1-2H3,(H,16,19)(H,17,18). The molecule has 2 amide bonds. The normalized spacial score (nSPS) is 10.0. The maximum Gasteiger partial charge on any atom is 0.253 e. The maximum atomic E-state index is 11.9. The van der Waals surface area contributed by atoms with E-state index in [1.165, 1.54) is 0 Å². The van der Waals surface area contributed by atoms with Crippen LogP contribution in [0.1, 0.15) is 30.6 Å². The van der Waals surface area contributed by atoms with Crippen LogP contribution >= 0.6 is 0 Å². The number of hydrogen-bond donors (Lipinski definition) is 3. The Bertz CT molecular complexity index is 432. The number of carbonyl (C=O) groups is 2. The molecule has 0 bridgehead atoms. The molecule has 0 unspecified atom stereocenters. The van der Waals surface area contributed by atoms with Gasteiger partial charge in [-0.1, -0.05) is 26.0 Å². The predicted octanol–water partition coefficient (Wildman–Crippen LogP) is 1.37. The second kappa shape index (κ2) is 8.26. The van der Waals surface area contributed by atoms with Crippen LogP contribution in [-0.2, 0) is 4.79 Å². The smallest absolute Gasteiger partial charge is 0.253 e. The minimum atomic E-state index is -0.166. The van der Waals surface area contributed by atoms with E-state index in [1.54, 1.807) is 24.3 Å². The molecule has 1 aromatic carbocycles. The molecule has 1 aromatic rings. The lowest BCUT2D eigenvalue weighted by atomic mass is 10.1. The fourth-order valence-corrected chi connectivity index (χ4v) is 1.56. The zero-order valence-electron chi connectivity index (χ0n) is 11.5. The molecule has 0 heterocycles. The lowest BCUT2D eigenvalue weighted by molar-refractivity contribution is -0.115. The minimum absolute atomic E-state index is 0.155. The van der Waals surface area contributed by atoms with E-state index in [2.05, 4.69) is 16.0 Å². The molecule has 0 aliphatic rings. The van der Waals surface area contributed by atoms with Gasteiger partial charge in [-0.2, -0.15) is 0 Å². The summed E-state index contributed by atoms with van der Waals surface area (Å²) in [5, 5.41) is 8.48. The molecule has 0 aliphatic heterocycles. The first kappa shape index (κ1) is 15.2. The van der Waals surface area contributed by atoms with Crippen LogP contribution in [0.25, 0.3) is 0 Å². The first-order valence-corrected chi connectivity index (χ1v) is 6.56. The number of para-hydroxylation sites is 1. The van der Waals surface area contributed by atoms with Crippen molar-refractivity contribution in [2.24, 2.45) is 0 Å². The van der Waals surface area contributed by atoms with Crippen LogP contribution in [0.5, 0.6) is 0 Å². The van der Waals surface area contributed by atoms with Crippen molar-refractivity contribution in [1.82, 2.24) is 10.6 Å². The molecule has 1 rings (SSSR count). The van der Waals surface area contributed by atoms with E-state index >= 15 is 0 Å². The number of likely N-dealkylation sites (N-methyl/N-ethyl adjacent to an activating group) is 1. The first-order chi connectivity index (χ1) is 9.19. The maximum absolute atomic E-state index is 11.9. The minimum Gasteiger partial charge on any atom is -0.352 e. The van der Waals surface area contributed by atoms with Crippen molar-refractivity contribution in [1.29, 1.82) is 0 Å². The van der Waals surface area contributed by atoms with Crippen LogP contribution in [0.2, 0.25) is 0 Å². The van der Waals surface area contributed by atoms with Gasteiger partial charge in [-0.3, -0.25) is 9.59 Å². The van der Waals surface area contributed by atoms with Crippen LogP contribution in [0.4, 0.5) is 5.69 Å². The number of amides is 2. The molecule has 0 radical (unpaired) electrons. The fourth-order valence-electron chi connectivity index (χ4n) is 1.56. The zero-order chi connectivity index (χ0) is 14.1. The zero-order valence-corrected chi connectivity index (χ0v) is 11.5. The van der Waals surface area contributed by atoms with Gasteiger partial charge in [0.2, 0.25) is 5.91 Å². The van der Waals surface area contributed by atoms with Gasteiger partial charge in [0, 0.05) is 6.54 Å². The van der Waals surface area contributed by atoms with Crippen molar-refractivity contribution in [3.63, 3.8) is 0 Å². The van der Waals surface area contributed by atoms with Crippen molar-refractivity contribution in [3.05, 3.63) is 29.8 Å². The van der Waals surface area contributed by atoms with Gasteiger partial charge in [-0.25, -0.2) is 0 Å². The molecule has 104 valence electrons. The Morgan fingerprint density at radius 1 is 1.16 bits per heavy atom. The molecule has 0 fully saturated rings. The Morgan fingerprint density at radius 2 is 1.89 bits per heavy atom. The summed E-state index contributed by atoms with van der Waals surface area (Å²) in [6, 6.07) is 7.00. The molecule has 0 spiro atoms. The third-order valence-corrected chi connectivity index (χ3v) is 2.52. The second-order valence-corrected chi connectivity index (χ2v) is 4.13. The van der Waals surface area contributed by atoms with Crippen molar-refractivity contribution in [3.8, 4) is 0 Å². The predicted molar refractivity (Wildman–Crippen MR) is 76.2 cm³/mol. The summed E-state index contributed by atoms with van der Waals surface area (Å²) in [5.74, 6) is -0.321.